The van der Waals surface area contributed by atoms with E-state index < -0.39 is 15.8 Å². The summed E-state index contributed by atoms with van der Waals surface area (Å²) < 4.78 is 38.2. The Morgan fingerprint density at radius 1 is 1.35 bits per heavy atom. The number of nitrogens with zero attached hydrogens (tertiary/aromatic N) is 1. The van der Waals surface area contributed by atoms with Crippen LogP contribution in [0.25, 0.3) is 0 Å². The first-order chi connectivity index (χ1) is 7.89. The highest BCUT2D eigenvalue weighted by molar-refractivity contribution is 7.89. The van der Waals surface area contributed by atoms with Crippen molar-refractivity contribution in [3.8, 4) is 0 Å². The van der Waals surface area contributed by atoms with Gasteiger partial charge in [0.2, 0.25) is 10.0 Å². The van der Waals surface area contributed by atoms with E-state index in [0.717, 1.165) is 16.4 Å². The van der Waals surface area contributed by atoms with E-state index in [-0.39, 0.29) is 4.90 Å². The fourth-order valence-electron chi connectivity index (χ4n) is 1.33. The number of halogens is 1. The molecule has 0 radical (unpaired) electrons. The zero-order chi connectivity index (χ0) is 13.1. The first-order valence-corrected chi connectivity index (χ1v) is 6.75. The molecule has 1 aromatic rings. The molecule has 0 saturated heterocycles. The molecule has 0 aliphatic carbocycles. The molecular weight excluding hydrogens is 243 g/mol. The SMILES string of the molecule is CCNCc1ccc(S(=O)(=O)N(C)C)c(F)c1. The minimum absolute atomic E-state index is 0.289. The monoisotopic (exact) mass is 260 g/mol. The van der Waals surface area contributed by atoms with E-state index in [1.54, 1.807) is 6.07 Å². The molecule has 1 N–H and O–H groups in total. The van der Waals surface area contributed by atoms with Crippen molar-refractivity contribution in [1.82, 2.24) is 9.62 Å². The number of benzene rings is 1. The summed E-state index contributed by atoms with van der Waals surface area (Å²) in [5.41, 5.74) is 0.724. The molecule has 17 heavy (non-hydrogen) atoms. The van der Waals surface area contributed by atoms with Crippen molar-refractivity contribution < 1.29 is 12.8 Å². The van der Waals surface area contributed by atoms with Crippen molar-refractivity contribution in [2.75, 3.05) is 20.6 Å². The summed E-state index contributed by atoms with van der Waals surface area (Å²) in [6.45, 7) is 3.25. The second kappa shape index (κ2) is 5.57. The Morgan fingerprint density at radius 3 is 2.47 bits per heavy atom. The largest absolute Gasteiger partial charge is 0.313 e. The van der Waals surface area contributed by atoms with Gasteiger partial charge in [-0.1, -0.05) is 13.0 Å². The maximum Gasteiger partial charge on any atom is 0.245 e. The normalized spacial score (nSPS) is 12.1. The number of nitrogens with one attached hydrogen (secondary N) is 1. The lowest BCUT2D eigenvalue weighted by molar-refractivity contribution is 0.507. The smallest absolute Gasteiger partial charge is 0.245 e. The van der Waals surface area contributed by atoms with Crippen LogP contribution in [0.5, 0.6) is 0 Å². The van der Waals surface area contributed by atoms with Crippen LogP contribution in [0.1, 0.15) is 12.5 Å². The Kier molecular flexibility index (Phi) is 4.62. The molecule has 1 rings (SSSR count). The molecule has 0 saturated carbocycles. The molecule has 0 aromatic heterocycles. The predicted octanol–water partition coefficient (Wildman–Crippen LogP) is 1.19. The van der Waals surface area contributed by atoms with Gasteiger partial charge in [0.25, 0.3) is 0 Å². The van der Waals surface area contributed by atoms with Gasteiger partial charge in [-0.15, -0.1) is 0 Å². The summed E-state index contributed by atoms with van der Waals surface area (Å²) in [4.78, 5) is -0.289. The summed E-state index contributed by atoms with van der Waals surface area (Å²) in [6.07, 6.45) is 0. The number of hydrogen-bond acceptors (Lipinski definition) is 3. The van der Waals surface area contributed by atoms with E-state index in [1.807, 2.05) is 6.92 Å². The number of hydrogen-bond donors (Lipinski definition) is 1. The molecule has 1 aromatic carbocycles. The summed E-state index contributed by atoms with van der Waals surface area (Å²) in [5.74, 6) is -0.714. The van der Waals surface area contributed by atoms with Gasteiger partial charge in [-0.2, -0.15) is 0 Å². The molecule has 0 aliphatic heterocycles. The standard InChI is InChI=1S/C11H17FN2O2S/c1-4-13-8-9-5-6-11(10(12)7-9)17(15,16)14(2)3/h5-7,13H,4,8H2,1-3H3. The lowest BCUT2D eigenvalue weighted by Gasteiger charge is -2.12. The van der Waals surface area contributed by atoms with Gasteiger partial charge in [0.1, 0.15) is 10.7 Å². The van der Waals surface area contributed by atoms with Gasteiger partial charge in [0.05, 0.1) is 0 Å². The third-order valence-corrected chi connectivity index (χ3v) is 4.18. The lowest BCUT2D eigenvalue weighted by Crippen LogP contribution is -2.23. The number of rotatable bonds is 5. The van der Waals surface area contributed by atoms with Gasteiger partial charge in [0.15, 0.2) is 0 Å². The van der Waals surface area contributed by atoms with Crippen molar-refractivity contribution in [2.24, 2.45) is 0 Å². The maximum atomic E-state index is 13.7. The highest BCUT2D eigenvalue weighted by atomic mass is 32.2. The van der Waals surface area contributed by atoms with E-state index in [1.165, 1.54) is 26.2 Å². The van der Waals surface area contributed by atoms with E-state index in [0.29, 0.717) is 6.54 Å². The van der Waals surface area contributed by atoms with Crippen molar-refractivity contribution in [1.29, 1.82) is 0 Å². The Balaban J connectivity index is 3.06. The van der Waals surface area contributed by atoms with Gasteiger partial charge < -0.3 is 5.32 Å². The Morgan fingerprint density at radius 2 is 2.00 bits per heavy atom. The van der Waals surface area contributed by atoms with Crippen LogP contribution in [0.2, 0.25) is 0 Å². The average Bonchev–Trinajstić information content (AvgIpc) is 2.25. The van der Waals surface area contributed by atoms with Crippen LogP contribution in [0.15, 0.2) is 23.1 Å². The van der Waals surface area contributed by atoms with Crippen molar-refractivity contribution in [3.05, 3.63) is 29.6 Å². The Hall–Kier alpha value is -0.980. The van der Waals surface area contributed by atoms with E-state index in [4.69, 9.17) is 0 Å². The number of sulfonamides is 1. The van der Waals surface area contributed by atoms with Gasteiger partial charge >= 0.3 is 0 Å². The van der Waals surface area contributed by atoms with E-state index in [2.05, 4.69) is 5.32 Å². The Labute approximate surface area is 101 Å². The van der Waals surface area contributed by atoms with Crippen molar-refractivity contribution in [3.63, 3.8) is 0 Å². The van der Waals surface area contributed by atoms with Gasteiger partial charge in [0, 0.05) is 20.6 Å². The quantitative estimate of drug-likeness (QED) is 0.865. The van der Waals surface area contributed by atoms with Crippen LogP contribution in [-0.4, -0.2) is 33.4 Å². The van der Waals surface area contributed by atoms with Crippen LogP contribution in [0.4, 0.5) is 4.39 Å². The van der Waals surface area contributed by atoms with Crippen LogP contribution in [0.3, 0.4) is 0 Å². The highest BCUT2D eigenvalue weighted by Gasteiger charge is 2.21. The van der Waals surface area contributed by atoms with E-state index in [9.17, 15) is 12.8 Å². The van der Waals surface area contributed by atoms with Gasteiger partial charge in [-0.05, 0) is 24.2 Å². The maximum absolute atomic E-state index is 13.7. The second-order valence-corrected chi connectivity index (χ2v) is 5.95. The van der Waals surface area contributed by atoms with Gasteiger partial charge in [-0.25, -0.2) is 17.1 Å². The first kappa shape index (κ1) is 14.1. The zero-order valence-corrected chi connectivity index (χ0v) is 11.0. The molecule has 0 aliphatic rings. The average molecular weight is 260 g/mol. The minimum Gasteiger partial charge on any atom is -0.313 e. The fraction of sp³-hybridized carbons (Fsp3) is 0.455. The molecule has 0 heterocycles. The minimum atomic E-state index is -3.71. The molecular formula is C11H17FN2O2S. The molecule has 0 spiro atoms. The van der Waals surface area contributed by atoms with Gasteiger partial charge in [-0.3, -0.25) is 0 Å². The summed E-state index contributed by atoms with van der Waals surface area (Å²) >= 11 is 0. The van der Waals surface area contributed by atoms with Crippen LogP contribution < -0.4 is 5.32 Å². The molecule has 6 heteroatoms. The summed E-state index contributed by atoms with van der Waals surface area (Å²) in [7, 11) is -0.954. The van der Waals surface area contributed by atoms with Crippen LogP contribution in [-0.2, 0) is 16.6 Å². The molecule has 4 nitrogen and oxygen atoms in total. The first-order valence-electron chi connectivity index (χ1n) is 5.31. The van der Waals surface area contributed by atoms with Crippen molar-refractivity contribution in [2.45, 2.75) is 18.4 Å². The molecule has 0 atom stereocenters. The highest BCUT2D eigenvalue weighted by Crippen LogP contribution is 2.18. The third kappa shape index (κ3) is 3.24. The molecule has 0 unspecified atom stereocenters. The zero-order valence-electron chi connectivity index (χ0n) is 10.2. The molecule has 0 amide bonds. The Bertz CT molecular complexity index is 486. The van der Waals surface area contributed by atoms with Crippen LogP contribution >= 0.6 is 0 Å². The topological polar surface area (TPSA) is 49.4 Å². The summed E-state index contributed by atoms with van der Waals surface area (Å²) in [5, 5.41) is 3.05. The predicted molar refractivity (Wildman–Crippen MR) is 64.7 cm³/mol. The second-order valence-electron chi connectivity index (χ2n) is 3.83. The van der Waals surface area contributed by atoms with E-state index >= 15 is 0 Å². The summed E-state index contributed by atoms with van der Waals surface area (Å²) in [6, 6.07) is 4.17. The van der Waals surface area contributed by atoms with Crippen molar-refractivity contribution >= 4 is 10.0 Å². The van der Waals surface area contributed by atoms with Crippen LogP contribution in [0, 0.1) is 5.82 Å². The molecule has 0 fully saturated rings. The molecule has 0 bridgehead atoms. The third-order valence-electron chi connectivity index (χ3n) is 2.33. The lowest BCUT2D eigenvalue weighted by atomic mass is 10.2. The molecule has 96 valence electrons. The fourth-order valence-corrected chi connectivity index (χ4v) is 2.27.